The number of aliphatic hydroxyl groups excluding tert-OH is 8. The minimum Gasteiger partial charge on any atom is -0.394 e. The summed E-state index contributed by atoms with van der Waals surface area (Å²) in [5.74, 6) is 1.09. The topological polar surface area (TPSA) is 256 Å². The first-order valence-corrected chi connectivity index (χ1v) is 25.3. The van der Waals surface area contributed by atoms with Gasteiger partial charge < -0.3 is 83.9 Å². The molecular weight excluding hydrogens is 861 g/mol. The molecule has 4 aliphatic heterocycles. The van der Waals surface area contributed by atoms with Gasteiger partial charge in [0.05, 0.1) is 37.1 Å². The fraction of sp³-hybridized carbons (Fsp3) is 0.959. The first-order chi connectivity index (χ1) is 31.2. The maximum absolute atomic E-state index is 12.4. The molecule has 0 aromatic carbocycles. The van der Waals surface area contributed by atoms with Crippen molar-refractivity contribution in [1.82, 2.24) is 0 Å². The van der Waals surface area contributed by atoms with Crippen molar-refractivity contribution in [3.05, 3.63) is 11.6 Å². The van der Waals surface area contributed by atoms with Crippen LogP contribution in [0.4, 0.5) is 0 Å². The van der Waals surface area contributed by atoms with E-state index in [0.717, 1.165) is 58.0 Å². The Morgan fingerprint density at radius 3 is 1.98 bits per heavy atom. The number of allylic oxidation sites excluding steroid dienone is 1. The van der Waals surface area contributed by atoms with E-state index in [-0.39, 0.29) is 41.0 Å². The standard InChI is InChI=1S/C49H80O17/c1-8-15-59-31-18-26(16-21(31)2)49(58)22(3)34-32(66-49)19-30-28-10-9-25-17-27(11-13-47(25,6)29(28)12-14-48(30,34)7)62-46-41(57)43(65-45-40(56)38(54)36(52)24(5)61-45)42(33(20-50)63-46)64-44-39(55)37(53)35(51)23(4)60-44/h9,21-24,26-46,50-58H,8,10-20H2,1-7H3. The van der Waals surface area contributed by atoms with Crippen LogP contribution in [0.15, 0.2) is 11.6 Å². The third-order valence-corrected chi connectivity index (χ3v) is 18.9. The van der Waals surface area contributed by atoms with E-state index in [1.807, 2.05) is 0 Å². The summed E-state index contributed by atoms with van der Waals surface area (Å²) in [4.78, 5) is 0. The molecule has 4 heterocycles. The molecule has 4 saturated carbocycles. The van der Waals surface area contributed by atoms with Gasteiger partial charge in [0, 0.05) is 18.4 Å². The van der Waals surface area contributed by atoms with Gasteiger partial charge in [0.2, 0.25) is 0 Å². The lowest BCUT2D eigenvalue weighted by Gasteiger charge is -2.58. The van der Waals surface area contributed by atoms with Crippen molar-refractivity contribution in [3.63, 3.8) is 0 Å². The summed E-state index contributed by atoms with van der Waals surface area (Å²) in [6.45, 7) is 14.6. The van der Waals surface area contributed by atoms with Crippen molar-refractivity contribution in [1.29, 1.82) is 0 Å². The SMILES string of the molecule is CCCOC1CC(C2(O)OC3CC4C5CC=C6CC(OC7OC(CO)C(OC8OC(C)C(O)C(O)C8O)C(OC8OC(C)C(O)C(O)C8O)C7O)CCC6(C)C5CCC4(C)C3C2C)CC1C. The van der Waals surface area contributed by atoms with Gasteiger partial charge in [-0.15, -0.1) is 0 Å². The number of fused-ring (bicyclic) bond motifs is 7. The first kappa shape index (κ1) is 50.0. The summed E-state index contributed by atoms with van der Waals surface area (Å²) >= 11 is 0. The van der Waals surface area contributed by atoms with Gasteiger partial charge in [-0.1, -0.05) is 46.3 Å². The van der Waals surface area contributed by atoms with Crippen molar-refractivity contribution in [2.45, 2.75) is 229 Å². The molecule has 66 heavy (non-hydrogen) atoms. The van der Waals surface area contributed by atoms with Crippen molar-refractivity contribution in [3.8, 4) is 0 Å². The fourth-order valence-electron chi connectivity index (χ4n) is 15.1. The van der Waals surface area contributed by atoms with E-state index < -0.39 is 105 Å². The van der Waals surface area contributed by atoms with E-state index >= 15 is 0 Å². The highest BCUT2D eigenvalue weighted by atomic mass is 16.8. The molecule has 5 aliphatic carbocycles. The second kappa shape index (κ2) is 18.9. The van der Waals surface area contributed by atoms with Gasteiger partial charge in [-0.05, 0) is 118 Å². The van der Waals surface area contributed by atoms with Gasteiger partial charge in [-0.25, -0.2) is 0 Å². The molecule has 0 bridgehead atoms. The third kappa shape index (κ3) is 8.30. The summed E-state index contributed by atoms with van der Waals surface area (Å²) in [7, 11) is 0. The average Bonchev–Trinajstić information content (AvgIpc) is 3.91. The van der Waals surface area contributed by atoms with E-state index in [2.05, 4.69) is 40.7 Å². The van der Waals surface area contributed by atoms with Crippen molar-refractivity contribution in [2.75, 3.05) is 13.2 Å². The summed E-state index contributed by atoms with van der Waals surface area (Å²) in [5, 5.41) is 98.7. The molecule has 378 valence electrons. The Morgan fingerprint density at radius 2 is 1.35 bits per heavy atom. The molecule has 8 fully saturated rings. The Bertz CT molecular complexity index is 1720. The summed E-state index contributed by atoms with van der Waals surface area (Å²) in [6, 6.07) is 0. The van der Waals surface area contributed by atoms with Crippen LogP contribution in [-0.4, -0.2) is 175 Å². The molecule has 9 N–H and O–H groups in total. The third-order valence-electron chi connectivity index (χ3n) is 18.9. The molecule has 0 aromatic heterocycles. The molecule has 4 saturated heterocycles. The minimum absolute atomic E-state index is 0.0322. The molecule has 0 aromatic rings. The predicted octanol–water partition coefficient (Wildman–Crippen LogP) is 1.63. The van der Waals surface area contributed by atoms with Crippen LogP contribution < -0.4 is 0 Å². The smallest absolute Gasteiger partial charge is 0.187 e. The van der Waals surface area contributed by atoms with E-state index in [0.29, 0.717) is 42.4 Å². The Kier molecular flexibility index (Phi) is 14.3. The molecule has 17 nitrogen and oxygen atoms in total. The summed E-state index contributed by atoms with van der Waals surface area (Å²) < 4.78 is 49.7. The highest BCUT2D eigenvalue weighted by molar-refractivity contribution is 5.26. The average molecular weight is 941 g/mol. The number of ether oxygens (including phenoxy) is 8. The maximum atomic E-state index is 12.4. The molecule has 0 amide bonds. The molecule has 28 atom stereocenters. The van der Waals surface area contributed by atoms with Crippen LogP contribution in [0, 0.1) is 52.3 Å². The molecule has 28 unspecified atom stereocenters. The van der Waals surface area contributed by atoms with Crippen molar-refractivity contribution in [2.24, 2.45) is 52.3 Å². The van der Waals surface area contributed by atoms with Gasteiger partial charge in [-0.2, -0.15) is 0 Å². The van der Waals surface area contributed by atoms with Crippen LogP contribution >= 0.6 is 0 Å². The summed E-state index contributed by atoms with van der Waals surface area (Å²) in [5.41, 5.74) is 1.33. The van der Waals surface area contributed by atoms with Crippen LogP contribution in [0.25, 0.3) is 0 Å². The molecule has 0 radical (unpaired) electrons. The number of rotatable bonds is 11. The first-order valence-electron chi connectivity index (χ1n) is 25.3. The van der Waals surface area contributed by atoms with Crippen LogP contribution in [0.2, 0.25) is 0 Å². The second-order valence-electron chi connectivity index (χ2n) is 22.6. The normalized spacial score (nSPS) is 57.2. The van der Waals surface area contributed by atoms with Crippen LogP contribution in [0.3, 0.4) is 0 Å². The maximum Gasteiger partial charge on any atom is 0.187 e. The van der Waals surface area contributed by atoms with Gasteiger partial charge in [0.25, 0.3) is 0 Å². The van der Waals surface area contributed by atoms with Crippen LogP contribution in [-0.2, 0) is 37.9 Å². The fourth-order valence-corrected chi connectivity index (χ4v) is 15.1. The van der Waals surface area contributed by atoms with Gasteiger partial charge in [0.15, 0.2) is 24.7 Å². The van der Waals surface area contributed by atoms with Gasteiger partial charge in [0.1, 0.15) is 61.0 Å². The second-order valence-corrected chi connectivity index (χ2v) is 22.6. The zero-order chi connectivity index (χ0) is 47.4. The monoisotopic (exact) mass is 941 g/mol. The highest BCUT2D eigenvalue weighted by Gasteiger charge is 2.70. The van der Waals surface area contributed by atoms with Gasteiger partial charge in [-0.3, -0.25) is 0 Å². The predicted molar refractivity (Wildman–Crippen MR) is 233 cm³/mol. The lowest BCUT2D eigenvalue weighted by molar-refractivity contribution is -0.387. The van der Waals surface area contributed by atoms with Crippen LogP contribution in [0.1, 0.15) is 113 Å². The zero-order valence-corrected chi connectivity index (χ0v) is 39.8. The molecular formula is C49H80O17. The van der Waals surface area contributed by atoms with E-state index in [9.17, 15) is 46.0 Å². The largest absolute Gasteiger partial charge is 0.394 e. The number of aliphatic hydroxyl groups is 9. The lowest BCUT2D eigenvalue weighted by Crippen LogP contribution is -2.67. The van der Waals surface area contributed by atoms with Gasteiger partial charge >= 0.3 is 0 Å². The zero-order valence-electron chi connectivity index (χ0n) is 39.8. The molecule has 9 aliphatic rings. The van der Waals surface area contributed by atoms with Crippen LogP contribution in [0.5, 0.6) is 0 Å². The lowest BCUT2D eigenvalue weighted by atomic mass is 9.47. The molecule has 0 spiro atoms. The Balaban J connectivity index is 0.888. The Labute approximate surface area is 389 Å². The Morgan fingerprint density at radius 1 is 0.712 bits per heavy atom. The van der Waals surface area contributed by atoms with Crippen molar-refractivity contribution >= 4 is 0 Å². The number of hydrogen-bond donors (Lipinski definition) is 9. The minimum atomic E-state index is -1.74. The van der Waals surface area contributed by atoms with E-state index in [1.54, 1.807) is 0 Å². The van der Waals surface area contributed by atoms with Crippen molar-refractivity contribution < 1.29 is 83.9 Å². The summed E-state index contributed by atoms with van der Waals surface area (Å²) in [6.07, 6.45) is -10.6. The highest BCUT2D eigenvalue weighted by Crippen LogP contribution is 2.71. The number of hydrogen-bond acceptors (Lipinski definition) is 17. The quantitative estimate of drug-likeness (QED) is 0.134. The van der Waals surface area contributed by atoms with E-state index in [1.165, 1.54) is 19.4 Å². The Hall–Kier alpha value is -0.940. The molecule has 17 heteroatoms. The molecule has 9 rings (SSSR count). The van der Waals surface area contributed by atoms with E-state index in [4.69, 9.17) is 37.9 Å².